The van der Waals surface area contributed by atoms with E-state index in [-0.39, 0.29) is 13.2 Å². The predicted octanol–water partition coefficient (Wildman–Crippen LogP) is 5.75. The average Bonchev–Trinajstić information content (AvgIpc) is 2.97. The highest BCUT2D eigenvalue weighted by atomic mass is 35.5. The van der Waals surface area contributed by atoms with Crippen LogP contribution in [-0.2, 0) is 22.8 Å². The number of rotatable bonds is 10. The van der Waals surface area contributed by atoms with Crippen molar-refractivity contribution in [3.05, 3.63) is 129 Å². The van der Waals surface area contributed by atoms with E-state index >= 15 is 0 Å². The Morgan fingerprint density at radius 2 is 0.975 bits per heavy atom. The molecule has 0 saturated heterocycles. The van der Waals surface area contributed by atoms with Crippen LogP contribution in [0.2, 0.25) is 10.0 Å². The number of hydrogen-bond donors (Lipinski definition) is 2. The van der Waals surface area contributed by atoms with Crippen molar-refractivity contribution in [2.75, 3.05) is 0 Å². The Hall–Kier alpha value is -4.66. The molecule has 0 radical (unpaired) electrons. The zero-order valence-corrected chi connectivity index (χ0v) is 22.6. The maximum absolute atomic E-state index is 12.2. The summed E-state index contributed by atoms with van der Waals surface area (Å²) in [6.45, 7) is 0.511. The van der Waals surface area contributed by atoms with Gasteiger partial charge < -0.3 is 9.47 Å². The Labute approximate surface area is 241 Å². The number of amides is 2. The van der Waals surface area contributed by atoms with Crippen molar-refractivity contribution < 1.29 is 19.1 Å². The van der Waals surface area contributed by atoms with E-state index in [1.807, 2.05) is 48.5 Å². The standard InChI is InChI=1S/C30H24Cl2N4O4/c31-25-13-5-1-11-23(25)19-39-27-15-7-3-9-21(27)17-33-35-29(37)30(38)36-34-18-22-10-4-8-16-28(22)40-20-24-12-2-6-14-26(24)32/h1-18H,19-20H2,(H,35,37)(H,36,38)/b33-17-,34-18-. The highest BCUT2D eigenvalue weighted by Gasteiger charge is 2.12. The van der Waals surface area contributed by atoms with Crippen molar-refractivity contribution >= 4 is 47.4 Å². The smallest absolute Gasteiger partial charge is 0.331 e. The molecule has 0 aliphatic carbocycles. The Bertz CT molecular complexity index is 1430. The van der Waals surface area contributed by atoms with E-state index < -0.39 is 11.8 Å². The van der Waals surface area contributed by atoms with Crippen LogP contribution in [0.5, 0.6) is 11.5 Å². The maximum Gasteiger partial charge on any atom is 0.331 e. The minimum absolute atomic E-state index is 0.255. The Balaban J connectivity index is 1.29. The third-order valence-corrected chi connectivity index (χ3v) is 6.20. The third-order valence-electron chi connectivity index (χ3n) is 5.47. The fraction of sp³-hybridized carbons (Fsp3) is 0.0667. The van der Waals surface area contributed by atoms with Gasteiger partial charge in [-0.1, -0.05) is 83.9 Å². The number of nitrogens with one attached hydrogen (secondary N) is 2. The molecule has 0 heterocycles. The van der Waals surface area contributed by atoms with Crippen LogP contribution >= 0.6 is 23.2 Å². The monoisotopic (exact) mass is 574 g/mol. The molecule has 40 heavy (non-hydrogen) atoms. The number of hydrazone groups is 2. The van der Waals surface area contributed by atoms with Crippen LogP contribution in [-0.4, -0.2) is 24.2 Å². The molecule has 0 saturated carbocycles. The minimum Gasteiger partial charge on any atom is -0.488 e. The molecule has 202 valence electrons. The normalized spacial score (nSPS) is 10.9. The maximum atomic E-state index is 12.2. The lowest BCUT2D eigenvalue weighted by Gasteiger charge is -2.10. The molecule has 8 nitrogen and oxygen atoms in total. The number of benzene rings is 4. The largest absolute Gasteiger partial charge is 0.488 e. The van der Waals surface area contributed by atoms with Crippen molar-refractivity contribution in [2.24, 2.45) is 10.2 Å². The van der Waals surface area contributed by atoms with E-state index in [1.54, 1.807) is 48.5 Å². The summed E-state index contributed by atoms with van der Waals surface area (Å²) in [5.74, 6) is -0.924. The molecule has 0 bridgehead atoms. The van der Waals surface area contributed by atoms with Gasteiger partial charge >= 0.3 is 11.8 Å². The van der Waals surface area contributed by atoms with E-state index in [0.29, 0.717) is 32.7 Å². The fourth-order valence-corrected chi connectivity index (χ4v) is 3.78. The summed E-state index contributed by atoms with van der Waals surface area (Å²) in [6, 6.07) is 29.0. The number of ether oxygens (including phenoxy) is 2. The van der Waals surface area contributed by atoms with Gasteiger partial charge in [-0.25, -0.2) is 10.9 Å². The molecule has 0 aliphatic rings. The van der Waals surface area contributed by atoms with Gasteiger partial charge in [-0.2, -0.15) is 10.2 Å². The third kappa shape index (κ3) is 8.17. The van der Waals surface area contributed by atoms with Crippen LogP contribution in [0, 0.1) is 0 Å². The van der Waals surface area contributed by atoms with Crippen molar-refractivity contribution in [1.29, 1.82) is 0 Å². The minimum atomic E-state index is -0.994. The van der Waals surface area contributed by atoms with Crippen LogP contribution in [0.4, 0.5) is 0 Å². The average molecular weight is 575 g/mol. The quantitative estimate of drug-likeness (QED) is 0.143. The molecule has 4 aromatic carbocycles. The number of carbonyl (C=O) groups excluding carboxylic acids is 2. The summed E-state index contributed by atoms with van der Waals surface area (Å²) in [4.78, 5) is 24.3. The van der Waals surface area contributed by atoms with Crippen LogP contribution in [0.15, 0.2) is 107 Å². The number of nitrogens with zero attached hydrogens (tertiary/aromatic N) is 2. The van der Waals surface area contributed by atoms with Gasteiger partial charge in [0.2, 0.25) is 0 Å². The molecule has 0 fully saturated rings. The van der Waals surface area contributed by atoms with E-state index in [4.69, 9.17) is 32.7 Å². The molecule has 4 aromatic rings. The number of carbonyl (C=O) groups is 2. The summed E-state index contributed by atoms with van der Waals surface area (Å²) in [5, 5.41) is 8.92. The lowest BCUT2D eigenvalue weighted by atomic mass is 10.2. The fourth-order valence-electron chi connectivity index (χ4n) is 3.40. The highest BCUT2D eigenvalue weighted by molar-refractivity contribution is 6.35. The van der Waals surface area contributed by atoms with Crippen LogP contribution in [0.3, 0.4) is 0 Å². The molecule has 10 heteroatoms. The lowest BCUT2D eigenvalue weighted by molar-refractivity contribution is -0.139. The Kier molecular flexibility index (Phi) is 10.3. The first-order valence-electron chi connectivity index (χ1n) is 12.1. The summed E-state index contributed by atoms with van der Waals surface area (Å²) in [6.07, 6.45) is 2.76. The van der Waals surface area contributed by atoms with Gasteiger partial charge in [0, 0.05) is 32.3 Å². The molecule has 4 rings (SSSR count). The second-order valence-electron chi connectivity index (χ2n) is 8.23. The number of halogens is 2. The number of para-hydroxylation sites is 2. The lowest BCUT2D eigenvalue weighted by Crippen LogP contribution is -2.35. The molecule has 0 spiro atoms. The second kappa shape index (κ2) is 14.5. The highest BCUT2D eigenvalue weighted by Crippen LogP contribution is 2.22. The summed E-state index contributed by atoms with van der Waals surface area (Å²) >= 11 is 12.4. The molecule has 0 aromatic heterocycles. The van der Waals surface area contributed by atoms with E-state index in [2.05, 4.69) is 21.1 Å². The van der Waals surface area contributed by atoms with Gasteiger partial charge in [0.15, 0.2) is 0 Å². The molecule has 2 N–H and O–H groups in total. The summed E-state index contributed by atoms with van der Waals surface area (Å²) in [7, 11) is 0. The second-order valence-corrected chi connectivity index (χ2v) is 9.05. The van der Waals surface area contributed by atoms with Crippen molar-refractivity contribution in [1.82, 2.24) is 10.9 Å². The van der Waals surface area contributed by atoms with Gasteiger partial charge in [0.1, 0.15) is 24.7 Å². The van der Waals surface area contributed by atoms with E-state index in [0.717, 1.165) is 11.1 Å². The van der Waals surface area contributed by atoms with Crippen LogP contribution in [0.25, 0.3) is 0 Å². The van der Waals surface area contributed by atoms with Crippen molar-refractivity contribution in [2.45, 2.75) is 13.2 Å². The first-order valence-corrected chi connectivity index (χ1v) is 12.8. The van der Waals surface area contributed by atoms with Gasteiger partial charge in [-0.05, 0) is 36.4 Å². The molecule has 2 amide bonds. The first kappa shape index (κ1) is 28.4. The molecule has 0 aliphatic heterocycles. The molecule has 0 atom stereocenters. The Morgan fingerprint density at radius 3 is 1.40 bits per heavy atom. The zero-order chi connectivity index (χ0) is 28.2. The van der Waals surface area contributed by atoms with Crippen LogP contribution in [0.1, 0.15) is 22.3 Å². The predicted molar refractivity (Wildman–Crippen MR) is 156 cm³/mol. The first-order chi connectivity index (χ1) is 19.5. The van der Waals surface area contributed by atoms with Crippen LogP contribution < -0.4 is 20.3 Å². The zero-order valence-electron chi connectivity index (χ0n) is 21.1. The van der Waals surface area contributed by atoms with Gasteiger partial charge in [-0.3, -0.25) is 9.59 Å². The summed E-state index contributed by atoms with van der Waals surface area (Å²) < 4.78 is 11.7. The molecular formula is C30H24Cl2N4O4. The van der Waals surface area contributed by atoms with Crippen molar-refractivity contribution in [3.8, 4) is 11.5 Å². The Morgan fingerprint density at radius 1 is 0.600 bits per heavy atom. The number of hydrogen-bond acceptors (Lipinski definition) is 6. The molecular weight excluding hydrogens is 551 g/mol. The van der Waals surface area contributed by atoms with Crippen molar-refractivity contribution in [3.63, 3.8) is 0 Å². The van der Waals surface area contributed by atoms with Gasteiger partial charge in [0.05, 0.1) is 12.4 Å². The van der Waals surface area contributed by atoms with Gasteiger partial charge in [0.25, 0.3) is 0 Å². The van der Waals surface area contributed by atoms with Gasteiger partial charge in [-0.15, -0.1) is 0 Å². The van der Waals surface area contributed by atoms with E-state index in [9.17, 15) is 9.59 Å². The molecule has 0 unspecified atom stereocenters. The van der Waals surface area contributed by atoms with E-state index in [1.165, 1.54) is 12.4 Å². The topological polar surface area (TPSA) is 101 Å². The SMILES string of the molecule is O=C(N/N=C\c1ccccc1OCc1ccccc1Cl)C(=O)N/N=C\c1ccccc1OCc1ccccc1Cl. The summed E-state index contributed by atoms with van der Waals surface area (Å²) in [5.41, 5.74) is 7.21.